The van der Waals surface area contributed by atoms with Crippen molar-refractivity contribution in [1.29, 1.82) is 0 Å². The van der Waals surface area contributed by atoms with Crippen LogP contribution in [0.3, 0.4) is 0 Å². The van der Waals surface area contributed by atoms with Gasteiger partial charge in [0.05, 0.1) is 6.61 Å². The molecule has 2 nitrogen and oxygen atoms in total. The monoisotopic (exact) mass is 291 g/mol. The molecule has 88 valence electrons. The van der Waals surface area contributed by atoms with E-state index in [4.69, 9.17) is 0 Å². The number of benzene rings is 1. The largest absolute Gasteiger partial charge is 0.396 e. The minimum Gasteiger partial charge on any atom is -0.396 e. The number of pyridine rings is 1. The number of hydrogen-bond donors (Lipinski definition) is 1. The van der Waals surface area contributed by atoms with Crippen LogP contribution in [0.25, 0.3) is 0 Å². The van der Waals surface area contributed by atoms with Crippen molar-refractivity contribution >= 4 is 15.9 Å². The summed E-state index contributed by atoms with van der Waals surface area (Å²) in [5.41, 5.74) is 2.35. The van der Waals surface area contributed by atoms with E-state index in [9.17, 15) is 5.11 Å². The van der Waals surface area contributed by atoms with E-state index < -0.39 is 0 Å². The van der Waals surface area contributed by atoms with E-state index >= 15 is 0 Å². The van der Waals surface area contributed by atoms with Crippen LogP contribution < -0.4 is 0 Å². The van der Waals surface area contributed by atoms with E-state index in [-0.39, 0.29) is 12.5 Å². The highest BCUT2D eigenvalue weighted by atomic mass is 79.9. The molecule has 3 heteroatoms. The van der Waals surface area contributed by atoms with Crippen molar-refractivity contribution in [3.63, 3.8) is 0 Å². The molecule has 0 saturated carbocycles. The third kappa shape index (κ3) is 3.38. The van der Waals surface area contributed by atoms with Crippen LogP contribution in [0, 0.1) is 0 Å². The summed E-state index contributed by atoms with van der Waals surface area (Å²) in [5.74, 6) is 0.134. The number of nitrogens with zero attached hydrogens (tertiary/aromatic N) is 1. The predicted octanol–water partition coefficient (Wildman–Crippen LogP) is 3.16. The van der Waals surface area contributed by atoms with Gasteiger partial charge in [0, 0.05) is 22.8 Å². The maximum atomic E-state index is 9.50. The fraction of sp³-hybridized carbons (Fsp3) is 0.214. The standard InChI is InChI=1S/C14H14BrNO/c15-14-3-1-2-12(9-14)13(10-17)8-11-4-6-16-7-5-11/h1-7,9,13,17H,8,10H2. The van der Waals surface area contributed by atoms with Gasteiger partial charge in [0.15, 0.2) is 0 Å². The molecule has 1 unspecified atom stereocenters. The second-order valence-corrected chi connectivity index (χ2v) is 4.91. The molecule has 1 aromatic carbocycles. The molecule has 0 bridgehead atoms. The number of aliphatic hydroxyl groups excluding tert-OH is 1. The molecule has 1 N–H and O–H groups in total. The average Bonchev–Trinajstić information content (AvgIpc) is 2.37. The molecular formula is C14H14BrNO. The van der Waals surface area contributed by atoms with Crippen LogP contribution in [0.2, 0.25) is 0 Å². The maximum Gasteiger partial charge on any atom is 0.0502 e. The average molecular weight is 292 g/mol. The number of hydrogen-bond acceptors (Lipinski definition) is 2. The Morgan fingerprint density at radius 2 is 1.94 bits per heavy atom. The smallest absolute Gasteiger partial charge is 0.0502 e. The van der Waals surface area contributed by atoms with Crippen molar-refractivity contribution in [3.05, 3.63) is 64.4 Å². The molecule has 0 amide bonds. The van der Waals surface area contributed by atoms with E-state index in [1.807, 2.05) is 30.3 Å². The van der Waals surface area contributed by atoms with Gasteiger partial charge >= 0.3 is 0 Å². The highest BCUT2D eigenvalue weighted by Gasteiger charge is 2.11. The summed E-state index contributed by atoms with van der Waals surface area (Å²) >= 11 is 3.45. The molecule has 1 aromatic heterocycles. The van der Waals surface area contributed by atoms with Crippen molar-refractivity contribution in [2.45, 2.75) is 12.3 Å². The molecule has 0 aliphatic rings. The van der Waals surface area contributed by atoms with Crippen LogP contribution >= 0.6 is 15.9 Å². The summed E-state index contributed by atoms with van der Waals surface area (Å²) in [5, 5.41) is 9.50. The van der Waals surface area contributed by atoms with Crippen LogP contribution in [-0.2, 0) is 6.42 Å². The second-order valence-electron chi connectivity index (χ2n) is 3.99. The van der Waals surface area contributed by atoms with Gasteiger partial charge in [0.25, 0.3) is 0 Å². The number of halogens is 1. The zero-order valence-corrected chi connectivity index (χ0v) is 11.0. The predicted molar refractivity (Wildman–Crippen MR) is 71.9 cm³/mol. The zero-order valence-electron chi connectivity index (χ0n) is 9.38. The summed E-state index contributed by atoms with van der Waals surface area (Å²) in [6, 6.07) is 12.1. The van der Waals surface area contributed by atoms with Gasteiger partial charge in [-0.1, -0.05) is 28.1 Å². The Morgan fingerprint density at radius 3 is 2.59 bits per heavy atom. The fourth-order valence-corrected chi connectivity index (χ4v) is 2.27. The molecule has 2 aromatic rings. The van der Waals surface area contributed by atoms with Gasteiger partial charge in [0.2, 0.25) is 0 Å². The Morgan fingerprint density at radius 1 is 1.18 bits per heavy atom. The van der Waals surface area contributed by atoms with Crippen molar-refractivity contribution in [3.8, 4) is 0 Å². The first kappa shape index (κ1) is 12.3. The third-order valence-corrected chi connectivity index (χ3v) is 3.27. The van der Waals surface area contributed by atoms with Crippen LogP contribution in [0.1, 0.15) is 17.0 Å². The quantitative estimate of drug-likeness (QED) is 0.939. The molecule has 0 spiro atoms. The second kappa shape index (κ2) is 5.94. The lowest BCUT2D eigenvalue weighted by molar-refractivity contribution is 0.264. The van der Waals surface area contributed by atoms with Gasteiger partial charge in [-0.25, -0.2) is 0 Å². The highest BCUT2D eigenvalue weighted by Crippen LogP contribution is 2.23. The van der Waals surface area contributed by atoms with Gasteiger partial charge in [-0.2, -0.15) is 0 Å². The fourth-order valence-electron chi connectivity index (χ4n) is 1.85. The molecule has 1 atom stereocenters. The Kier molecular flexibility index (Phi) is 4.29. The molecular weight excluding hydrogens is 278 g/mol. The molecule has 0 saturated heterocycles. The molecule has 0 aliphatic carbocycles. The van der Waals surface area contributed by atoms with Crippen molar-refractivity contribution < 1.29 is 5.11 Å². The number of aromatic nitrogens is 1. The lowest BCUT2D eigenvalue weighted by Crippen LogP contribution is -2.07. The Bertz CT molecular complexity index is 473. The molecule has 0 fully saturated rings. The highest BCUT2D eigenvalue weighted by molar-refractivity contribution is 9.10. The Labute approximate surface area is 109 Å². The number of rotatable bonds is 4. The summed E-state index contributed by atoms with van der Waals surface area (Å²) in [6.07, 6.45) is 4.39. The van der Waals surface area contributed by atoms with Crippen molar-refractivity contribution in [1.82, 2.24) is 4.98 Å². The van der Waals surface area contributed by atoms with E-state index in [1.165, 1.54) is 5.56 Å². The van der Waals surface area contributed by atoms with Gasteiger partial charge in [-0.15, -0.1) is 0 Å². The zero-order chi connectivity index (χ0) is 12.1. The summed E-state index contributed by atoms with van der Waals surface area (Å²) in [6.45, 7) is 0.152. The molecule has 1 heterocycles. The minimum absolute atomic E-state index is 0.134. The molecule has 0 aliphatic heterocycles. The van der Waals surface area contributed by atoms with Crippen molar-refractivity contribution in [2.24, 2.45) is 0 Å². The summed E-state index contributed by atoms with van der Waals surface area (Å²) in [4.78, 5) is 4.00. The summed E-state index contributed by atoms with van der Waals surface area (Å²) < 4.78 is 1.04. The van der Waals surface area contributed by atoms with Crippen LogP contribution in [-0.4, -0.2) is 16.7 Å². The SMILES string of the molecule is OCC(Cc1ccncc1)c1cccc(Br)c1. The van der Waals surface area contributed by atoms with Crippen LogP contribution in [0.4, 0.5) is 0 Å². The van der Waals surface area contributed by atoms with E-state index in [0.29, 0.717) is 0 Å². The number of aliphatic hydroxyl groups is 1. The molecule has 0 radical (unpaired) electrons. The van der Waals surface area contributed by atoms with Gasteiger partial charge in [-0.3, -0.25) is 4.98 Å². The first-order valence-corrected chi connectivity index (χ1v) is 6.34. The first-order valence-electron chi connectivity index (χ1n) is 5.55. The third-order valence-electron chi connectivity index (χ3n) is 2.77. The Hall–Kier alpha value is -1.19. The maximum absolute atomic E-state index is 9.50. The molecule has 2 rings (SSSR count). The van der Waals surface area contributed by atoms with Crippen LogP contribution in [0.15, 0.2) is 53.3 Å². The van der Waals surface area contributed by atoms with E-state index in [1.54, 1.807) is 12.4 Å². The van der Waals surface area contributed by atoms with E-state index in [2.05, 4.69) is 27.0 Å². The van der Waals surface area contributed by atoms with Gasteiger partial charge in [-0.05, 0) is 41.8 Å². The molecule has 17 heavy (non-hydrogen) atoms. The first-order chi connectivity index (χ1) is 8.29. The lowest BCUT2D eigenvalue weighted by atomic mass is 9.93. The summed E-state index contributed by atoms with van der Waals surface area (Å²) in [7, 11) is 0. The minimum atomic E-state index is 0.134. The Balaban J connectivity index is 2.17. The van der Waals surface area contributed by atoms with Gasteiger partial charge in [0.1, 0.15) is 0 Å². The van der Waals surface area contributed by atoms with Crippen LogP contribution in [0.5, 0.6) is 0 Å². The lowest BCUT2D eigenvalue weighted by Gasteiger charge is -2.14. The van der Waals surface area contributed by atoms with Gasteiger partial charge < -0.3 is 5.11 Å². The van der Waals surface area contributed by atoms with Crippen molar-refractivity contribution in [2.75, 3.05) is 6.61 Å². The van der Waals surface area contributed by atoms with E-state index in [0.717, 1.165) is 16.5 Å². The topological polar surface area (TPSA) is 33.1 Å². The normalized spacial score (nSPS) is 12.4.